The number of benzene rings is 2. The van der Waals surface area contributed by atoms with Crippen molar-refractivity contribution in [2.75, 3.05) is 5.32 Å². The Kier molecular flexibility index (Phi) is 2.31. The molecule has 1 heteroatoms. The number of hydrogen-bond donors (Lipinski definition) is 1. The Morgan fingerprint density at radius 3 is 2.53 bits per heavy atom. The molecule has 0 aromatic heterocycles. The smallest absolute Gasteiger partial charge is 0.0557 e. The molecule has 2 aliphatic rings. The van der Waals surface area contributed by atoms with Gasteiger partial charge in [0.15, 0.2) is 0 Å². The first-order valence-electron chi connectivity index (χ1n) is 6.73. The van der Waals surface area contributed by atoms with Crippen LogP contribution in [-0.4, -0.2) is 6.04 Å². The van der Waals surface area contributed by atoms with Gasteiger partial charge in [0.25, 0.3) is 0 Å². The van der Waals surface area contributed by atoms with Gasteiger partial charge in [0.2, 0.25) is 0 Å². The number of anilines is 1. The zero-order chi connectivity index (χ0) is 12.7. The van der Waals surface area contributed by atoms with E-state index in [-0.39, 0.29) is 0 Å². The monoisotopic (exact) mass is 245 g/mol. The van der Waals surface area contributed by atoms with Crippen molar-refractivity contribution in [2.24, 2.45) is 0 Å². The lowest BCUT2D eigenvalue weighted by Crippen LogP contribution is -2.19. The molecule has 4 rings (SSSR count). The summed E-state index contributed by atoms with van der Waals surface area (Å²) >= 11 is 0. The van der Waals surface area contributed by atoms with E-state index in [0.29, 0.717) is 12.0 Å². The van der Waals surface area contributed by atoms with Crippen LogP contribution >= 0.6 is 0 Å². The van der Waals surface area contributed by atoms with Crippen LogP contribution < -0.4 is 5.32 Å². The van der Waals surface area contributed by atoms with E-state index in [2.05, 4.69) is 78.1 Å². The third-order valence-corrected chi connectivity index (χ3v) is 3.98. The Morgan fingerprint density at radius 2 is 1.63 bits per heavy atom. The van der Waals surface area contributed by atoms with E-state index in [9.17, 15) is 0 Å². The first-order valence-corrected chi connectivity index (χ1v) is 6.73. The number of hydrogen-bond acceptors (Lipinski definition) is 1. The Balaban J connectivity index is 1.72. The van der Waals surface area contributed by atoms with Crippen LogP contribution in [0.25, 0.3) is 5.57 Å². The summed E-state index contributed by atoms with van der Waals surface area (Å²) in [5.41, 5.74) is 5.27. The number of para-hydroxylation sites is 1. The second-order valence-electron chi connectivity index (χ2n) is 5.13. The molecular formula is C18H15N. The average molecular weight is 245 g/mol. The highest BCUT2D eigenvalue weighted by molar-refractivity contribution is 5.78. The summed E-state index contributed by atoms with van der Waals surface area (Å²) in [6, 6.07) is 19.6. The molecule has 2 unspecified atom stereocenters. The van der Waals surface area contributed by atoms with Crippen LogP contribution in [0.1, 0.15) is 17.0 Å². The predicted molar refractivity (Wildman–Crippen MR) is 80.2 cm³/mol. The fourth-order valence-corrected chi connectivity index (χ4v) is 3.03. The Morgan fingerprint density at radius 1 is 0.842 bits per heavy atom. The van der Waals surface area contributed by atoms with E-state index < -0.39 is 0 Å². The van der Waals surface area contributed by atoms with Crippen molar-refractivity contribution in [1.29, 1.82) is 0 Å². The molecule has 0 fully saturated rings. The van der Waals surface area contributed by atoms with Crippen molar-refractivity contribution in [3.63, 3.8) is 0 Å². The topological polar surface area (TPSA) is 12.0 Å². The number of fused-ring (bicyclic) bond motifs is 3. The summed E-state index contributed by atoms with van der Waals surface area (Å²) in [6.07, 6.45) is 6.92. The number of allylic oxidation sites excluding steroid dienone is 2. The lowest BCUT2D eigenvalue weighted by molar-refractivity contribution is 0.808. The van der Waals surface area contributed by atoms with Gasteiger partial charge in [0.1, 0.15) is 0 Å². The summed E-state index contributed by atoms with van der Waals surface area (Å²) < 4.78 is 0. The van der Waals surface area contributed by atoms with Crippen LogP contribution in [0.5, 0.6) is 0 Å². The Hall–Kier alpha value is -2.28. The summed E-state index contributed by atoms with van der Waals surface area (Å²) in [7, 11) is 0. The molecular weight excluding hydrogens is 230 g/mol. The maximum atomic E-state index is 3.61. The molecule has 2 aromatic carbocycles. The Labute approximate surface area is 113 Å². The van der Waals surface area contributed by atoms with Crippen molar-refractivity contribution in [3.05, 3.63) is 84.0 Å². The first kappa shape index (κ1) is 10.6. The maximum absolute atomic E-state index is 3.61. The molecule has 0 saturated heterocycles. The van der Waals surface area contributed by atoms with Gasteiger partial charge in [-0.1, -0.05) is 66.8 Å². The molecule has 1 nitrogen and oxygen atoms in total. The van der Waals surface area contributed by atoms with E-state index in [1.54, 1.807) is 0 Å². The van der Waals surface area contributed by atoms with Crippen LogP contribution in [0.3, 0.4) is 0 Å². The van der Waals surface area contributed by atoms with E-state index in [1.807, 2.05) is 0 Å². The third-order valence-electron chi connectivity index (χ3n) is 3.98. The second-order valence-corrected chi connectivity index (χ2v) is 5.13. The fourth-order valence-electron chi connectivity index (χ4n) is 3.03. The van der Waals surface area contributed by atoms with Crippen LogP contribution in [0.2, 0.25) is 0 Å². The van der Waals surface area contributed by atoms with Gasteiger partial charge in [-0.15, -0.1) is 0 Å². The number of rotatable bonds is 1. The standard InChI is InChI=1S/C18H15N/c1-2-6-13(7-3-1)14-10-11-16-15-8-4-5-9-17(15)19-18(16)12-14/h1-12,16,18-19H. The molecule has 0 amide bonds. The summed E-state index contributed by atoms with van der Waals surface area (Å²) in [4.78, 5) is 0. The summed E-state index contributed by atoms with van der Waals surface area (Å²) in [5, 5.41) is 3.61. The first-order chi connectivity index (χ1) is 9.42. The lowest BCUT2D eigenvalue weighted by atomic mass is 9.87. The van der Waals surface area contributed by atoms with E-state index >= 15 is 0 Å². The van der Waals surface area contributed by atoms with Gasteiger partial charge >= 0.3 is 0 Å². The molecule has 1 heterocycles. The summed E-state index contributed by atoms with van der Waals surface area (Å²) in [5.74, 6) is 0.476. The maximum Gasteiger partial charge on any atom is 0.0557 e. The molecule has 1 aliphatic heterocycles. The minimum atomic E-state index is 0.387. The average Bonchev–Trinajstić information content (AvgIpc) is 2.86. The quantitative estimate of drug-likeness (QED) is 0.793. The van der Waals surface area contributed by atoms with Crippen molar-refractivity contribution >= 4 is 11.3 Å². The molecule has 19 heavy (non-hydrogen) atoms. The van der Waals surface area contributed by atoms with Gasteiger partial charge < -0.3 is 5.32 Å². The molecule has 0 bridgehead atoms. The van der Waals surface area contributed by atoms with Gasteiger partial charge in [-0.05, 0) is 22.8 Å². The highest BCUT2D eigenvalue weighted by Crippen LogP contribution is 2.40. The van der Waals surface area contributed by atoms with Gasteiger partial charge in [-0.2, -0.15) is 0 Å². The predicted octanol–water partition coefficient (Wildman–Crippen LogP) is 4.22. The highest BCUT2D eigenvalue weighted by Gasteiger charge is 2.30. The zero-order valence-electron chi connectivity index (χ0n) is 10.6. The SMILES string of the molecule is C1=CC2c3ccccc3NC2C=C1c1ccccc1. The highest BCUT2D eigenvalue weighted by atomic mass is 15.0. The van der Waals surface area contributed by atoms with Crippen molar-refractivity contribution in [1.82, 2.24) is 0 Å². The van der Waals surface area contributed by atoms with E-state index in [0.717, 1.165) is 0 Å². The van der Waals surface area contributed by atoms with Gasteiger partial charge in [0.05, 0.1) is 6.04 Å². The van der Waals surface area contributed by atoms with Gasteiger partial charge in [-0.25, -0.2) is 0 Å². The number of nitrogens with one attached hydrogen (secondary N) is 1. The largest absolute Gasteiger partial charge is 0.378 e. The van der Waals surface area contributed by atoms with Crippen LogP contribution in [0.4, 0.5) is 5.69 Å². The molecule has 0 saturated carbocycles. The van der Waals surface area contributed by atoms with Gasteiger partial charge in [-0.3, -0.25) is 0 Å². The second kappa shape index (κ2) is 4.13. The van der Waals surface area contributed by atoms with E-state index in [1.165, 1.54) is 22.4 Å². The van der Waals surface area contributed by atoms with Crippen molar-refractivity contribution in [2.45, 2.75) is 12.0 Å². The molecule has 92 valence electrons. The van der Waals surface area contributed by atoms with Crippen molar-refractivity contribution in [3.8, 4) is 0 Å². The molecule has 1 N–H and O–H groups in total. The van der Waals surface area contributed by atoms with Gasteiger partial charge in [0, 0.05) is 11.6 Å². The molecule has 1 aliphatic carbocycles. The normalized spacial score (nSPS) is 23.3. The summed E-state index contributed by atoms with van der Waals surface area (Å²) in [6.45, 7) is 0. The zero-order valence-corrected chi connectivity index (χ0v) is 10.6. The molecule has 0 radical (unpaired) electrons. The van der Waals surface area contributed by atoms with Crippen LogP contribution in [-0.2, 0) is 0 Å². The minimum Gasteiger partial charge on any atom is -0.378 e. The minimum absolute atomic E-state index is 0.387. The molecule has 2 aromatic rings. The van der Waals surface area contributed by atoms with Crippen LogP contribution in [0.15, 0.2) is 72.8 Å². The molecule has 2 atom stereocenters. The molecule has 0 spiro atoms. The van der Waals surface area contributed by atoms with Crippen molar-refractivity contribution < 1.29 is 0 Å². The van der Waals surface area contributed by atoms with Crippen LogP contribution in [0, 0.1) is 0 Å². The fraction of sp³-hybridized carbons (Fsp3) is 0.111. The third kappa shape index (κ3) is 1.70. The Bertz CT molecular complexity index is 667. The lowest BCUT2D eigenvalue weighted by Gasteiger charge is -2.19. The van der Waals surface area contributed by atoms with E-state index in [4.69, 9.17) is 0 Å².